The number of amides is 1. The van der Waals surface area contributed by atoms with E-state index in [9.17, 15) is 4.79 Å². The first kappa shape index (κ1) is 16.1. The van der Waals surface area contributed by atoms with Crippen molar-refractivity contribution in [2.24, 2.45) is 0 Å². The van der Waals surface area contributed by atoms with Crippen LogP contribution in [0.15, 0.2) is 17.2 Å². The van der Waals surface area contributed by atoms with Crippen molar-refractivity contribution in [2.45, 2.75) is 56.4 Å². The number of carbonyl (C=O) groups excluding carboxylic acids is 1. The van der Waals surface area contributed by atoms with E-state index < -0.39 is 5.60 Å². The van der Waals surface area contributed by atoms with Crippen molar-refractivity contribution >= 4 is 17.9 Å². The van der Waals surface area contributed by atoms with Gasteiger partial charge in [-0.05, 0) is 52.7 Å². The van der Waals surface area contributed by atoms with E-state index in [4.69, 9.17) is 4.74 Å². The highest BCUT2D eigenvalue weighted by Gasteiger charge is 2.27. The summed E-state index contributed by atoms with van der Waals surface area (Å²) in [6, 6.07) is 3.98. The Kier molecular flexibility index (Phi) is 5.08. The Hall–Kier alpha value is -1.30. The number of nitrogens with zero attached hydrogens (tertiary/aromatic N) is 3. The van der Waals surface area contributed by atoms with Gasteiger partial charge >= 0.3 is 6.09 Å². The van der Waals surface area contributed by atoms with Gasteiger partial charge in [-0.2, -0.15) is 5.10 Å². The average molecular weight is 309 g/mol. The molecule has 1 aromatic rings. The van der Waals surface area contributed by atoms with Crippen molar-refractivity contribution in [1.82, 2.24) is 15.1 Å². The SMILES string of the molecule is Cc1ccc(SC2CCN(C(=O)OC(C)(C)C)CC2)nn1. The summed E-state index contributed by atoms with van der Waals surface area (Å²) in [4.78, 5) is 13.8. The summed E-state index contributed by atoms with van der Waals surface area (Å²) in [5.74, 6) is 0. The normalized spacial score (nSPS) is 16.9. The van der Waals surface area contributed by atoms with E-state index in [1.165, 1.54) is 0 Å². The molecule has 1 aliphatic rings. The Bertz CT molecular complexity index is 477. The molecular formula is C15H23N3O2S. The zero-order valence-corrected chi connectivity index (χ0v) is 13.9. The molecule has 0 N–H and O–H groups in total. The largest absolute Gasteiger partial charge is 0.444 e. The van der Waals surface area contributed by atoms with E-state index in [1.54, 1.807) is 16.7 Å². The summed E-state index contributed by atoms with van der Waals surface area (Å²) >= 11 is 1.75. The van der Waals surface area contributed by atoms with E-state index >= 15 is 0 Å². The van der Waals surface area contributed by atoms with Crippen molar-refractivity contribution in [3.8, 4) is 0 Å². The summed E-state index contributed by atoms with van der Waals surface area (Å²) in [7, 11) is 0. The van der Waals surface area contributed by atoms with Crippen molar-refractivity contribution in [2.75, 3.05) is 13.1 Å². The summed E-state index contributed by atoms with van der Waals surface area (Å²) in [5, 5.41) is 9.70. The molecule has 0 radical (unpaired) electrons. The second kappa shape index (κ2) is 6.64. The molecule has 0 aliphatic carbocycles. The van der Waals surface area contributed by atoms with Crippen LogP contribution >= 0.6 is 11.8 Å². The van der Waals surface area contributed by atoms with E-state index in [0.29, 0.717) is 5.25 Å². The molecule has 0 bridgehead atoms. The summed E-state index contributed by atoms with van der Waals surface area (Å²) in [5.41, 5.74) is 0.499. The lowest BCUT2D eigenvalue weighted by atomic mass is 10.1. The molecule has 1 saturated heterocycles. The standard InChI is InChI=1S/C15H23N3O2S/c1-11-5-6-13(17-16-11)21-12-7-9-18(10-8-12)14(19)20-15(2,3)4/h5-6,12H,7-10H2,1-4H3. The van der Waals surface area contributed by atoms with Gasteiger partial charge in [-0.1, -0.05) is 0 Å². The number of aromatic nitrogens is 2. The molecule has 0 atom stereocenters. The van der Waals surface area contributed by atoms with Crippen LogP contribution < -0.4 is 0 Å². The van der Waals surface area contributed by atoms with Gasteiger partial charge in [0.2, 0.25) is 0 Å². The highest BCUT2D eigenvalue weighted by Crippen LogP contribution is 2.29. The third-order valence-corrected chi connectivity index (χ3v) is 4.42. The molecule has 21 heavy (non-hydrogen) atoms. The Morgan fingerprint density at radius 1 is 1.29 bits per heavy atom. The molecular weight excluding hydrogens is 286 g/mol. The molecule has 2 rings (SSSR count). The van der Waals surface area contributed by atoms with Gasteiger partial charge in [-0.15, -0.1) is 16.9 Å². The van der Waals surface area contributed by atoms with Gasteiger partial charge in [0.1, 0.15) is 10.6 Å². The highest BCUT2D eigenvalue weighted by molar-refractivity contribution is 7.99. The molecule has 0 unspecified atom stereocenters. The topological polar surface area (TPSA) is 55.3 Å². The minimum Gasteiger partial charge on any atom is -0.444 e. The smallest absolute Gasteiger partial charge is 0.410 e. The first-order valence-electron chi connectivity index (χ1n) is 7.28. The van der Waals surface area contributed by atoms with Crippen LogP contribution in [0.1, 0.15) is 39.3 Å². The maximum absolute atomic E-state index is 12.0. The fraction of sp³-hybridized carbons (Fsp3) is 0.667. The number of carbonyl (C=O) groups is 1. The van der Waals surface area contributed by atoms with E-state index in [2.05, 4.69) is 10.2 Å². The van der Waals surface area contributed by atoms with Gasteiger partial charge in [-0.3, -0.25) is 0 Å². The molecule has 0 spiro atoms. The Labute approximate surface area is 130 Å². The van der Waals surface area contributed by atoms with E-state index in [0.717, 1.165) is 36.7 Å². The third-order valence-electron chi connectivity index (χ3n) is 3.15. The Morgan fingerprint density at radius 3 is 2.48 bits per heavy atom. The van der Waals surface area contributed by atoms with Gasteiger partial charge in [0.25, 0.3) is 0 Å². The summed E-state index contributed by atoms with van der Waals surface area (Å²) in [6.45, 7) is 9.09. The molecule has 0 aromatic carbocycles. The summed E-state index contributed by atoms with van der Waals surface area (Å²) in [6.07, 6.45) is 1.71. The Morgan fingerprint density at radius 2 is 1.95 bits per heavy atom. The monoisotopic (exact) mass is 309 g/mol. The molecule has 1 amide bonds. The van der Waals surface area contributed by atoms with Crippen molar-refractivity contribution in [3.05, 3.63) is 17.8 Å². The minimum absolute atomic E-state index is 0.207. The van der Waals surface area contributed by atoms with E-state index in [-0.39, 0.29) is 6.09 Å². The molecule has 0 saturated carbocycles. The lowest BCUT2D eigenvalue weighted by Gasteiger charge is -2.33. The fourth-order valence-corrected chi connectivity index (χ4v) is 3.13. The lowest BCUT2D eigenvalue weighted by molar-refractivity contribution is 0.0219. The number of rotatable bonds is 2. The van der Waals surface area contributed by atoms with Crippen LogP contribution in [0.4, 0.5) is 4.79 Å². The molecule has 1 aliphatic heterocycles. The van der Waals surface area contributed by atoms with Crippen molar-refractivity contribution in [3.63, 3.8) is 0 Å². The Balaban J connectivity index is 1.80. The van der Waals surface area contributed by atoms with Crippen LogP contribution in [0.25, 0.3) is 0 Å². The maximum atomic E-state index is 12.0. The van der Waals surface area contributed by atoms with Crippen molar-refractivity contribution < 1.29 is 9.53 Å². The number of aryl methyl sites for hydroxylation is 1. The molecule has 116 valence electrons. The highest BCUT2D eigenvalue weighted by atomic mass is 32.2. The first-order chi connectivity index (χ1) is 9.83. The minimum atomic E-state index is -0.430. The predicted molar refractivity (Wildman–Crippen MR) is 83.5 cm³/mol. The molecule has 1 aromatic heterocycles. The van der Waals surface area contributed by atoms with Crippen LogP contribution in [0, 0.1) is 6.92 Å². The number of piperidine rings is 1. The van der Waals surface area contributed by atoms with Crippen LogP contribution in [0.3, 0.4) is 0 Å². The molecule has 6 heteroatoms. The van der Waals surface area contributed by atoms with Gasteiger partial charge in [0, 0.05) is 18.3 Å². The van der Waals surface area contributed by atoms with Crippen LogP contribution in [-0.2, 0) is 4.74 Å². The average Bonchev–Trinajstić information content (AvgIpc) is 2.40. The van der Waals surface area contributed by atoms with Gasteiger partial charge in [0.05, 0.1) is 5.69 Å². The predicted octanol–water partition coefficient (Wildman–Crippen LogP) is 3.28. The number of hydrogen-bond donors (Lipinski definition) is 0. The zero-order chi connectivity index (χ0) is 15.5. The van der Waals surface area contributed by atoms with Gasteiger partial charge < -0.3 is 9.64 Å². The fourth-order valence-electron chi connectivity index (χ4n) is 2.10. The quantitative estimate of drug-likeness (QED) is 0.839. The zero-order valence-electron chi connectivity index (χ0n) is 13.1. The van der Waals surface area contributed by atoms with Gasteiger partial charge in [-0.25, -0.2) is 4.79 Å². The van der Waals surface area contributed by atoms with Gasteiger partial charge in [0.15, 0.2) is 0 Å². The van der Waals surface area contributed by atoms with Crippen LogP contribution in [-0.4, -0.2) is 45.1 Å². The van der Waals surface area contributed by atoms with Crippen molar-refractivity contribution in [1.29, 1.82) is 0 Å². The number of ether oxygens (including phenoxy) is 1. The lowest BCUT2D eigenvalue weighted by Crippen LogP contribution is -2.42. The van der Waals surface area contributed by atoms with E-state index in [1.807, 2.05) is 39.8 Å². The second-order valence-electron chi connectivity index (χ2n) is 6.30. The second-order valence-corrected chi connectivity index (χ2v) is 7.62. The molecule has 5 nitrogen and oxygen atoms in total. The number of thioether (sulfide) groups is 1. The maximum Gasteiger partial charge on any atom is 0.410 e. The van der Waals surface area contributed by atoms with Crippen LogP contribution in [0.5, 0.6) is 0 Å². The number of hydrogen-bond acceptors (Lipinski definition) is 5. The first-order valence-corrected chi connectivity index (χ1v) is 8.16. The molecule has 1 fully saturated rings. The third kappa shape index (κ3) is 5.19. The summed E-state index contributed by atoms with van der Waals surface area (Å²) < 4.78 is 5.40. The van der Waals surface area contributed by atoms with Crippen LogP contribution in [0.2, 0.25) is 0 Å². The number of likely N-dealkylation sites (tertiary alicyclic amines) is 1. The molecule has 2 heterocycles.